The number of hydrogen-bond donors (Lipinski definition) is 2. The predicted octanol–water partition coefficient (Wildman–Crippen LogP) is 1.99. The van der Waals surface area contributed by atoms with Gasteiger partial charge in [0.2, 0.25) is 10.0 Å². The molecule has 3 N–H and O–H groups in total. The van der Waals surface area contributed by atoms with Gasteiger partial charge in [0.15, 0.2) is 0 Å². The van der Waals surface area contributed by atoms with Crippen molar-refractivity contribution in [2.45, 2.75) is 11.8 Å². The maximum atomic E-state index is 11.3. The van der Waals surface area contributed by atoms with Gasteiger partial charge in [-0.05, 0) is 36.8 Å². The molecule has 0 amide bonds. The van der Waals surface area contributed by atoms with Crippen molar-refractivity contribution in [2.75, 3.05) is 5.43 Å². The van der Waals surface area contributed by atoms with Gasteiger partial charge >= 0.3 is 0 Å². The highest BCUT2D eigenvalue weighted by Crippen LogP contribution is 2.27. The Hall–Kier alpha value is -3.38. The molecule has 0 saturated carbocycles. The molecule has 0 bridgehead atoms. The number of sulfonamides is 1. The second-order valence-electron chi connectivity index (χ2n) is 5.09. The highest BCUT2D eigenvalue weighted by molar-refractivity contribution is 7.89. The van der Waals surface area contributed by atoms with Crippen LogP contribution in [0.25, 0.3) is 0 Å². The van der Waals surface area contributed by atoms with E-state index in [1.165, 1.54) is 30.3 Å². The van der Waals surface area contributed by atoms with Gasteiger partial charge in [-0.25, -0.2) is 13.6 Å². The van der Waals surface area contributed by atoms with Crippen LogP contribution in [-0.2, 0) is 10.0 Å². The van der Waals surface area contributed by atoms with Crippen LogP contribution < -0.4 is 10.6 Å². The zero-order valence-corrected chi connectivity index (χ0v) is 14.1. The molecule has 11 nitrogen and oxygen atoms in total. The Balaban J connectivity index is 2.31. The number of hydrogen-bond acceptors (Lipinski definition) is 8. The Labute approximate surface area is 147 Å². The van der Waals surface area contributed by atoms with Gasteiger partial charge < -0.3 is 0 Å². The highest BCUT2D eigenvalue weighted by atomic mass is 32.2. The molecule has 0 unspecified atom stereocenters. The summed E-state index contributed by atoms with van der Waals surface area (Å²) in [5, 5.41) is 30.7. The quantitative estimate of drug-likeness (QED) is 0.439. The van der Waals surface area contributed by atoms with E-state index in [9.17, 15) is 28.6 Å². The molecule has 0 aliphatic carbocycles. The Bertz CT molecular complexity index is 1000. The van der Waals surface area contributed by atoms with Gasteiger partial charge in [0.05, 0.1) is 20.5 Å². The van der Waals surface area contributed by atoms with Crippen LogP contribution in [0.15, 0.2) is 52.5 Å². The van der Waals surface area contributed by atoms with E-state index < -0.39 is 30.5 Å². The van der Waals surface area contributed by atoms with Gasteiger partial charge in [0.25, 0.3) is 11.4 Å². The monoisotopic (exact) mass is 379 g/mol. The van der Waals surface area contributed by atoms with Crippen molar-refractivity contribution in [3.05, 3.63) is 68.3 Å². The molecule has 0 aliphatic heterocycles. The summed E-state index contributed by atoms with van der Waals surface area (Å²) in [7, 11) is -4.08. The first-order valence-electron chi connectivity index (χ1n) is 6.96. The minimum Gasteiger partial charge on any atom is -0.271 e. The Kier molecular flexibility index (Phi) is 5.28. The normalized spacial score (nSPS) is 11.8. The van der Waals surface area contributed by atoms with E-state index in [-0.39, 0.29) is 11.4 Å². The molecule has 26 heavy (non-hydrogen) atoms. The molecule has 0 aliphatic rings. The van der Waals surface area contributed by atoms with Crippen LogP contribution in [0.4, 0.5) is 17.1 Å². The van der Waals surface area contributed by atoms with E-state index in [1.54, 1.807) is 6.92 Å². The smallest absolute Gasteiger partial charge is 0.271 e. The number of anilines is 1. The highest BCUT2D eigenvalue weighted by Gasteiger charge is 2.19. The first-order valence-corrected chi connectivity index (χ1v) is 8.50. The van der Waals surface area contributed by atoms with Crippen LogP contribution in [-0.4, -0.2) is 24.0 Å². The zero-order valence-electron chi connectivity index (χ0n) is 13.3. The van der Waals surface area contributed by atoms with Gasteiger partial charge in [-0.3, -0.25) is 25.7 Å². The average Bonchev–Trinajstić information content (AvgIpc) is 2.58. The van der Waals surface area contributed by atoms with Crippen LogP contribution in [0.5, 0.6) is 0 Å². The van der Waals surface area contributed by atoms with Gasteiger partial charge in [-0.2, -0.15) is 5.10 Å². The SMILES string of the molecule is CC(=NNc1ccc(S(N)(=O)=O)cc1[N+](=O)[O-])c1ccc([N+](=O)[O-])cc1. The lowest BCUT2D eigenvalue weighted by Gasteiger charge is -2.06. The zero-order chi connectivity index (χ0) is 19.5. The molecular formula is C14H13N5O6S. The van der Waals surface area contributed by atoms with Crippen molar-refractivity contribution < 1.29 is 18.3 Å². The van der Waals surface area contributed by atoms with Crippen molar-refractivity contribution in [2.24, 2.45) is 10.2 Å². The molecule has 2 aromatic rings. The first-order chi connectivity index (χ1) is 12.1. The third kappa shape index (κ3) is 4.37. The van der Waals surface area contributed by atoms with Crippen molar-refractivity contribution in [3.8, 4) is 0 Å². The number of nitro groups is 2. The fraction of sp³-hybridized carbons (Fsp3) is 0.0714. The maximum absolute atomic E-state index is 11.3. The maximum Gasteiger partial charge on any atom is 0.295 e. The molecule has 2 rings (SSSR count). The van der Waals surface area contributed by atoms with Crippen molar-refractivity contribution in [1.82, 2.24) is 0 Å². The average molecular weight is 379 g/mol. The number of nitrogens with two attached hydrogens (primary N) is 1. The standard InChI is InChI=1S/C14H13N5O6S/c1-9(10-2-4-11(5-3-10)18(20)21)16-17-13-7-6-12(26(15,24)25)8-14(13)19(22)23/h2-8,17H,1H3,(H2,15,24,25). The molecular weight excluding hydrogens is 366 g/mol. The molecule has 0 heterocycles. The topological polar surface area (TPSA) is 171 Å². The molecule has 136 valence electrons. The fourth-order valence-corrected chi connectivity index (χ4v) is 2.50. The summed E-state index contributed by atoms with van der Waals surface area (Å²) in [6.45, 7) is 1.60. The van der Waals surface area contributed by atoms with E-state index in [2.05, 4.69) is 10.5 Å². The van der Waals surface area contributed by atoms with E-state index in [4.69, 9.17) is 5.14 Å². The molecule has 2 aromatic carbocycles. The van der Waals surface area contributed by atoms with Gasteiger partial charge in [-0.1, -0.05) is 0 Å². The molecule has 0 aromatic heterocycles. The number of nitro benzene ring substituents is 2. The van der Waals surface area contributed by atoms with E-state index in [1.807, 2.05) is 0 Å². The van der Waals surface area contributed by atoms with Gasteiger partial charge in [0, 0.05) is 18.2 Å². The first kappa shape index (κ1) is 19.0. The number of benzene rings is 2. The fourth-order valence-electron chi connectivity index (χ4n) is 1.97. The Morgan fingerprint density at radius 3 is 2.19 bits per heavy atom. The number of nitrogens with one attached hydrogen (secondary N) is 1. The van der Waals surface area contributed by atoms with E-state index in [0.717, 1.165) is 12.1 Å². The largest absolute Gasteiger partial charge is 0.295 e. The van der Waals surface area contributed by atoms with Crippen LogP contribution in [0.2, 0.25) is 0 Å². The molecule has 12 heteroatoms. The number of primary sulfonamides is 1. The van der Waals surface area contributed by atoms with Crippen molar-refractivity contribution in [3.63, 3.8) is 0 Å². The third-order valence-corrected chi connectivity index (χ3v) is 4.25. The lowest BCUT2D eigenvalue weighted by molar-refractivity contribution is -0.384. The summed E-state index contributed by atoms with van der Waals surface area (Å²) < 4.78 is 22.6. The van der Waals surface area contributed by atoms with Crippen LogP contribution >= 0.6 is 0 Å². The second kappa shape index (κ2) is 7.25. The van der Waals surface area contributed by atoms with Crippen LogP contribution in [0, 0.1) is 20.2 Å². The summed E-state index contributed by atoms with van der Waals surface area (Å²) >= 11 is 0. The molecule has 0 spiro atoms. The number of non-ortho nitro benzene ring substituents is 1. The predicted molar refractivity (Wildman–Crippen MR) is 93.4 cm³/mol. The van der Waals surface area contributed by atoms with Gasteiger partial charge in [0.1, 0.15) is 5.69 Å². The summed E-state index contributed by atoms with van der Waals surface area (Å²) in [4.78, 5) is 20.1. The van der Waals surface area contributed by atoms with Crippen LogP contribution in [0.1, 0.15) is 12.5 Å². The van der Waals surface area contributed by atoms with Crippen molar-refractivity contribution >= 4 is 32.8 Å². The summed E-state index contributed by atoms with van der Waals surface area (Å²) in [6.07, 6.45) is 0. The Morgan fingerprint density at radius 2 is 1.69 bits per heavy atom. The van der Waals surface area contributed by atoms with Gasteiger partial charge in [-0.15, -0.1) is 0 Å². The summed E-state index contributed by atoms with van der Waals surface area (Å²) in [6, 6.07) is 8.68. The number of hydrazone groups is 1. The molecule has 0 fully saturated rings. The second-order valence-corrected chi connectivity index (χ2v) is 6.66. The van der Waals surface area contributed by atoms with Crippen molar-refractivity contribution in [1.29, 1.82) is 0 Å². The summed E-state index contributed by atoms with van der Waals surface area (Å²) in [5.41, 5.74) is 2.82. The van der Waals surface area contributed by atoms with E-state index in [0.29, 0.717) is 11.3 Å². The molecule has 0 radical (unpaired) electrons. The molecule has 0 atom stereocenters. The van der Waals surface area contributed by atoms with E-state index >= 15 is 0 Å². The lowest BCUT2D eigenvalue weighted by atomic mass is 10.1. The minimum absolute atomic E-state index is 0.0383. The number of nitrogens with zero attached hydrogens (tertiary/aromatic N) is 3. The third-order valence-electron chi connectivity index (χ3n) is 3.33. The number of rotatable bonds is 6. The lowest BCUT2D eigenvalue weighted by Crippen LogP contribution is -2.12. The summed E-state index contributed by atoms with van der Waals surface area (Å²) in [5.74, 6) is 0. The minimum atomic E-state index is -4.08. The molecule has 0 saturated heterocycles. The Morgan fingerprint density at radius 1 is 1.08 bits per heavy atom. The van der Waals surface area contributed by atoms with Crippen LogP contribution in [0.3, 0.4) is 0 Å².